The number of carboxylic acids is 1. The van der Waals surface area contributed by atoms with Gasteiger partial charge in [0.2, 0.25) is 10.0 Å². The molecule has 2 fully saturated rings. The van der Waals surface area contributed by atoms with Crippen molar-refractivity contribution in [3.63, 3.8) is 0 Å². The van der Waals surface area contributed by atoms with Gasteiger partial charge in [0.15, 0.2) is 4.90 Å². The van der Waals surface area contributed by atoms with Crippen LogP contribution in [0.4, 0.5) is 11.5 Å². The Morgan fingerprint density at radius 2 is 1.76 bits per heavy atom. The molecule has 0 N–H and O–H groups in total. The predicted octanol–water partition coefficient (Wildman–Crippen LogP) is -3.08. The van der Waals surface area contributed by atoms with Crippen molar-refractivity contribution in [2.45, 2.75) is 36.0 Å². The van der Waals surface area contributed by atoms with E-state index in [1.807, 2.05) is 0 Å². The van der Waals surface area contributed by atoms with E-state index >= 15 is 0 Å². The van der Waals surface area contributed by atoms with Crippen LogP contribution in [-0.4, -0.2) is 46.9 Å². The van der Waals surface area contributed by atoms with Crippen molar-refractivity contribution in [1.29, 1.82) is 0 Å². The molecule has 0 unspecified atom stereocenters. The van der Waals surface area contributed by atoms with Gasteiger partial charge in [-0.05, 0) is 66.9 Å². The summed E-state index contributed by atoms with van der Waals surface area (Å²) in [7, 11) is -1.96. The van der Waals surface area contributed by atoms with Crippen LogP contribution in [0.1, 0.15) is 40.7 Å². The fourth-order valence-corrected chi connectivity index (χ4v) is 6.39. The fraction of sp³-hybridized carbons (Fsp3) is 0.360. The van der Waals surface area contributed by atoms with Crippen molar-refractivity contribution in [1.82, 2.24) is 5.16 Å². The largest absolute Gasteiger partial charge is 1.00 e. The second-order valence-corrected chi connectivity index (χ2v) is 10.9. The number of aromatic nitrogens is 1. The first-order valence-electron chi connectivity index (χ1n) is 11.6. The van der Waals surface area contributed by atoms with Gasteiger partial charge in [-0.25, -0.2) is 8.42 Å². The maximum atomic E-state index is 13.5. The summed E-state index contributed by atoms with van der Waals surface area (Å²) in [5.41, 5.74) is 3.53. The van der Waals surface area contributed by atoms with Crippen LogP contribution < -0.4 is 122 Å². The molecular formula is C25H23K2N3O7S. The van der Waals surface area contributed by atoms with Gasteiger partial charge >= 0.3 is 103 Å². The summed E-state index contributed by atoms with van der Waals surface area (Å²) in [5, 5.41) is 15.4. The number of nitrogens with zero attached hydrogens (tertiary/aromatic N) is 3. The Kier molecular flexibility index (Phi) is 9.18. The van der Waals surface area contributed by atoms with Crippen LogP contribution >= 0.6 is 0 Å². The van der Waals surface area contributed by atoms with E-state index in [1.165, 1.54) is 19.8 Å². The zero-order valence-electron chi connectivity index (χ0n) is 21.7. The quantitative estimate of drug-likeness (QED) is 0.264. The van der Waals surface area contributed by atoms with Gasteiger partial charge in [-0.15, -0.1) is 0 Å². The van der Waals surface area contributed by atoms with Gasteiger partial charge in [-0.3, -0.25) is 5.16 Å². The van der Waals surface area contributed by atoms with Gasteiger partial charge in [0.1, 0.15) is 17.3 Å². The minimum absolute atomic E-state index is 0. The first-order valence-corrected chi connectivity index (χ1v) is 13.0. The average Bonchev–Trinajstić information content (AvgIpc) is 3.49. The molecule has 13 heteroatoms. The number of carboxylic acid groups (broad SMARTS) is 1. The first-order chi connectivity index (χ1) is 17.3. The van der Waals surface area contributed by atoms with E-state index in [9.17, 15) is 18.3 Å². The Hall–Kier alpha value is -0.457. The van der Waals surface area contributed by atoms with Crippen LogP contribution in [0.3, 0.4) is 0 Å². The number of hydrogen-bond donors (Lipinski definition) is 0. The summed E-state index contributed by atoms with van der Waals surface area (Å²) >= 11 is 0. The van der Waals surface area contributed by atoms with E-state index in [2.05, 4.69) is 33.0 Å². The van der Waals surface area contributed by atoms with Crippen molar-refractivity contribution >= 4 is 27.5 Å². The molecule has 1 aliphatic heterocycles. The minimum atomic E-state index is -4.42. The van der Waals surface area contributed by atoms with Gasteiger partial charge in [0, 0.05) is 35.3 Å². The summed E-state index contributed by atoms with van der Waals surface area (Å²) < 4.78 is 47.0. The van der Waals surface area contributed by atoms with E-state index in [0.29, 0.717) is 17.7 Å². The molecular weight excluding hydrogens is 565 g/mol. The Morgan fingerprint density at radius 3 is 2.29 bits per heavy atom. The smallest absolute Gasteiger partial charge is 0.545 e. The Morgan fingerprint density at radius 1 is 1.11 bits per heavy atom. The van der Waals surface area contributed by atoms with Crippen molar-refractivity contribution < 1.29 is 135 Å². The average molecular weight is 588 g/mol. The molecule has 1 saturated carbocycles. The SMILES string of the molecule is COc1cc(C(=O)[O-])cc(OC)c1S(=O)(=O)[N-]c1noc2c1CC1(CC1)c1ccc(N3CCC3)cc1-2.[K+].[K+]. The molecule has 38 heavy (non-hydrogen) atoms. The number of sulfonamides is 1. The summed E-state index contributed by atoms with van der Waals surface area (Å²) in [6.45, 7) is 2.01. The van der Waals surface area contributed by atoms with E-state index < -0.39 is 20.9 Å². The third kappa shape index (κ3) is 5.17. The Bertz CT molecular complexity index is 1490. The van der Waals surface area contributed by atoms with Crippen LogP contribution in [0, 0.1) is 0 Å². The zero-order valence-corrected chi connectivity index (χ0v) is 28.8. The molecule has 2 aromatic carbocycles. The Labute approximate surface area is 305 Å². The molecule has 0 atom stereocenters. The number of rotatable bonds is 7. The summed E-state index contributed by atoms with van der Waals surface area (Å²) in [5.74, 6) is -1.44. The molecule has 0 amide bonds. The second-order valence-electron chi connectivity index (χ2n) is 9.41. The number of hydrogen-bond acceptors (Lipinski definition) is 9. The second kappa shape index (κ2) is 11.4. The minimum Gasteiger partial charge on any atom is -0.545 e. The van der Waals surface area contributed by atoms with Gasteiger partial charge in [0.25, 0.3) is 0 Å². The molecule has 1 aromatic heterocycles. The predicted molar refractivity (Wildman–Crippen MR) is 127 cm³/mol. The molecule has 6 rings (SSSR count). The number of methoxy groups -OCH3 is 2. The summed E-state index contributed by atoms with van der Waals surface area (Å²) in [6, 6.07) is 8.52. The summed E-state index contributed by atoms with van der Waals surface area (Å²) in [4.78, 5) is 13.2. The molecule has 0 bridgehead atoms. The normalized spacial score (nSPS) is 16.2. The molecule has 3 aliphatic rings. The number of fused-ring (bicyclic) bond motifs is 4. The van der Waals surface area contributed by atoms with Crippen LogP contribution in [0.25, 0.3) is 16.0 Å². The maximum absolute atomic E-state index is 13.5. The molecule has 3 aromatic rings. The zero-order chi connectivity index (χ0) is 25.2. The van der Waals surface area contributed by atoms with Crippen molar-refractivity contribution in [3.8, 4) is 22.8 Å². The molecule has 1 saturated heterocycles. The van der Waals surface area contributed by atoms with E-state index in [4.69, 9.17) is 14.0 Å². The van der Waals surface area contributed by atoms with Crippen molar-refractivity contribution in [2.24, 2.45) is 0 Å². The summed E-state index contributed by atoms with van der Waals surface area (Å²) in [6.07, 6.45) is 3.72. The molecule has 0 radical (unpaired) electrons. The van der Waals surface area contributed by atoms with Crippen molar-refractivity contribution in [3.05, 3.63) is 51.7 Å². The number of ether oxygens (including phenoxy) is 2. The monoisotopic (exact) mass is 587 g/mol. The van der Waals surface area contributed by atoms with Crippen molar-refractivity contribution in [2.75, 3.05) is 32.2 Å². The molecule has 188 valence electrons. The standard InChI is InChI=1S/C25H25N3O7S.2K/c1-33-19-10-14(24(29)30)11-20(34-2)22(19)36(31,32)27-23-17-13-25(6-7-25)18-5-4-15(28-8-3-9-28)12-16(18)21(17)35-26-23;;/h4-5,10-12H,3,6-9,13H2,1-2H3,(H2,26,27,29,30);;/q;2*+1/p-2. The van der Waals surface area contributed by atoms with Crippen LogP contribution in [-0.2, 0) is 21.9 Å². The molecule has 1 spiro atoms. The number of carbonyl (C=O) groups excluding carboxylic acids is 1. The maximum Gasteiger partial charge on any atom is 1.00 e. The number of benzene rings is 2. The molecule has 10 nitrogen and oxygen atoms in total. The van der Waals surface area contributed by atoms with E-state index in [-0.39, 0.29) is 131 Å². The van der Waals surface area contributed by atoms with Crippen LogP contribution in [0.15, 0.2) is 39.8 Å². The molecule has 2 heterocycles. The third-order valence-electron chi connectivity index (χ3n) is 7.34. The van der Waals surface area contributed by atoms with Gasteiger partial charge in [-0.1, -0.05) is 6.07 Å². The number of carbonyl (C=O) groups is 1. The van der Waals surface area contributed by atoms with Gasteiger partial charge in [-0.2, -0.15) is 0 Å². The van der Waals surface area contributed by atoms with E-state index in [1.54, 1.807) is 0 Å². The van der Waals surface area contributed by atoms with Gasteiger partial charge in [0.05, 0.1) is 20.2 Å². The Balaban J connectivity index is 0.00000168. The first kappa shape index (κ1) is 30.5. The third-order valence-corrected chi connectivity index (χ3v) is 8.67. The van der Waals surface area contributed by atoms with Crippen LogP contribution in [0.2, 0.25) is 0 Å². The fourth-order valence-electron chi connectivity index (χ4n) is 5.14. The topological polar surface area (TPSA) is 136 Å². The van der Waals surface area contributed by atoms with Gasteiger partial charge < -0.3 is 33.5 Å². The van der Waals surface area contributed by atoms with E-state index in [0.717, 1.165) is 55.7 Å². The number of anilines is 1. The number of aromatic carboxylic acids is 1. The van der Waals surface area contributed by atoms with Crippen LogP contribution in [0.5, 0.6) is 11.5 Å². The molecule has 2 aliphatic carbocycles.